The van der Waals surface area contributed by atoms with Crippen molar-refractivity contribution in [3.05, 3.63) is 48.0 Å². The summed E-state index contributed by atoms with van der Waals surface area (Å²) in [5.74, 6) is -1.28. The van der Waals surface area contributed by atoms with Gasteiger partial charge in [0.15, 0.2) is 0 Å². The number of nitrogens with one attached hydrogen (secondary N) is 2. The van der Waals surface area contributed by atoms with E-state index in [1.54, 1.807) is 18.7 Å². The van der Waals surface area contributed by atoms with Crippen LogP contribution in [0.1, 0.15) is 51.5 Å². The molecule has 0 radical (unpaired) electrons. The van der Waals surface area contributed by atoms with Crippen LogP contribution in [0.3, 0.4) is 0 Å². The van der Waals surface area contributed by atoms with Gasteiger partial charge in [0.1, 0.15) is 6.04 Å². The first-order chi connectivity index (χ1) is 18.3. The molecule has 3 rings (SSSR count). The second-order valence-electron chi connectivity index (χ2n) is 10.1. The van der Waals surface area contributed by atoms with Crippen LogP contribution in [0.15, 0.2) is 42.5 Å². The first kappa shape index (κ1) is 32.3. The molecule has 1 saturated carbocycles. The number of halogens is 1. The summed E-state index contributed by atoms with van der Waals surface area (Å²) >= 11 is 0. The van der Waals surface area contributed by atoms with Crippen molar-refractivity contribution in [2.75, 3.05) is 26.2 Å². The van der Waals surface area contributed by atoms with E-state index in [0.29, 0.717) is 0 Å². The van der Waals surface area contributed by atoms with Crippen LogP contribution < -0.4 is 16.4 Å². The normalized spacial score (nSPS) is 15.9. The van der Waals surface area contributed by atoms with Gasteiger partial charge in [-0.05, 0) is 36.1 Å². The minimum Gasteiger partial charge on any atom is -0.450 e. The van der Waals surface area contributed by atoms with Crippen molar-refractivity contribution in [2.24, 2.45) is 11.7 Å². The lowest BCUT2D eigenvalue weighted by Crippen LogP contribution is -2.53. The van der Waals surface area contributed by atoms with Crippen LogP contribution in [0.5, 0.6) is 0 Å². The summed E-state index contributed by atoms with van der Waals surface area (Å²) < 4.78 is 5.29. The van der Waals surface area contributed by atoms with Crippen LogP contribution in [-0.4, -0.2) is 72.3 Å². The van der Waals surface area contributed by atoms with Gasteiger partial charge in [0.25, 0.3) is 0 Å². The van der Waals surface area contributed by atoms with Crippen LogP contribution in [-0.2, 0) is 20.7 Å². The number of benzene rings is 2. The highest BCUT2D eigenvalue weighted by Crippen LogP contribution is 2.24. The number of hydrogen-bond donors (Lipinski definition) is 4. The summed E-state index contributed by atoms with van der Waals surface area (Å²) in [5, 5.41) is 17.5. The standard InChI is InChI=1S/C29H42N4O5.ClH/c1-3-38-29(37)33(24-11-5-4-6-12-24)19-20(2)27(35)32-26(28(36)31-18-25(34)17-30)16-21-13-14-22-9-7-8-10-23(22)15-21;/h7-10,13-15,20,24-26,34H,3-6,11-12,16-19,30H2,1-2H3,(H,31,36)(H,32,35);1H/t20?,25?,26-;/m1./s1. The van der Waals surface area contributed by atoms with E-state index in [1.165, 1.54) is 0 Å². The van der Waals surface area contributed by atoms with E-state index >= 15 is 0 Å². The number of fused-ring (bicyclic) bond motifs is 1. The van der Waals surface area contributed by atoms with Crippen molar-refractivity contribution in [3.8, 4) is 0 Å². The molecule has 0 spiro atoms. The summed E-state index contributed by atoms with van der Waals surface area (Å²) in [6.07, 6.45) is 4.02. The number of nitrogens with two attached hydrogens (primary N) is 1. The molecule has 0 bridgehead atoms. The van der Waals surface area contributed by atoms with Crippen molar-refractivity contribution < 1.29 is 24.2 Å². The average molecular weight is 563 g/mol. The van der Waals surface area contributed by atoms with Gasteiger partial charge in [-0.3, -0.25) is 9.59 Å². The lowest BCUT2D eigenvalue weighted by Gasteiger charge is -2.35. The molecule has 39 heavy (non-hydrogen) atoms. The van der Waals surface area contributed by atoms with Gasteiger partial charge in [-0.15, -0.1) is 12.4 Å². The van der Waals surface area contributed by atoms with Gasteiger partial charge in [0.05, 0.1) is 18.6 Å². The summed E-state index contributed by atoms with van der Waals surface area (Å²) in [6.45, 7) is 4.02. The SMILES string of the molecule is CCOC(=O)N(CC(C)C(=O)N[C@H](Cc1ccc2ccccc2c1)C(=O)NCC(O)CN)C1CCCCC1.Cl. The zero-order valence-electron chi connectivity index (χ0n) is 22.9. The van der Waals surface area contributed by atoms with Crippen LogP contribution >= 0.6 is 12.4 Å². The van der Waals surface area contributed by atoms with Crippen molar-refractivity contribution in [2.45, 2.75) is 70.6 Å². The number of nitrogens with zero attached hydrogens (tertiary/aromatic N) is 1. The molecule has 3 atom stereocenters. The van der Waals surface area contributed by atoms with Gasteiger partial charge in [-0.2, -0.15) is 0 Å². The zero-order chi connectivity index (χ0) is 27.5. The molecule has 0 aliphatic heterocycles. The number of ether oxygens (including phenoxy) is 1. The van der Waals surface area contributed by atoms with Crippen molar-refractivity contribution >= 4 is 41.1 Å². The molecule has 5 N–H and O–H groups in total. The molecule has 0 heterocycles. The van der Waals surface area contributed by atoms with E-state index in [0.717, 1.165) is 48.4 Å². The van der Waals surface area contributed by atoms with E-state index in [-0.39, 0.29) is 57.0 Å². The Morgan fingerprint density at radius 1 is 1.08 bits per heavy atom. The summed E-state index contributed by atoms with van der Waals surface area (Å²) in [5.41, 5.74) is 6.37. The molecular weight excluding hydrogens is 520 g/mol. The Kier molecular flexibility index (Phi) is 13.5. The Balaban J connectivity index is 0.00000533. The monoisotopic (exact) mass is 562 g/mol. The maximum absolute atomic E-state index is 13.3. The van der Waals surface area contributed by atoms with E-state index in [4.69, 9.17) is 10.5 Å². The van der Waals surface area contributed by atoms with Crippen LogP contribution in [0.4, 0.5) is 4.79 Å². The molecule has 9 nitrogen and oxygen atoms in total. The van der Waals surface area contributed by atoms with Crippen LogP contribution in [0.2, 0.25) is 0 Å². The molecule has 10 heteroatoms. The maximum Gasteiger partial charge on any atom is 0.410 e. The van der Waals surface area contributed by atoms with Gasteiger partial charge >= 0.3 is 6.09 Å². The zero-order valence-corrected chi connectivity index (χ0v) is 23.8. The van der Waals surface area contributed by atoms with Crippen molar-refractivity contribution in [3.63, 3.8) is 0 Å². The minimum atomic E-state index is -0.872. The molecule has 3 amide bonds. The smallest absolute Gasteiger partial charge is 0.410 e. The lowest BCUT2D eigenvalue weighted by atomic mass is 9.93. The quantitative estimate of drug-likeness (QED) is 0.314. The predicted octanol–water partition coefficient (Wildman–Crippen LogP) is 3.15. The molecule has 1 fully saturated rings. The highest BCUT2D eigenvalue weighted by molar-refractivity contribution is 5.89. The molecule has 0 aromatic heterocycles. The Bertz CT molecular complexity index is 1080. The average Bonchev–Trinajstić information content (AvgIpc) is 2.94. The Morgan fingerprint density at radius 3 is 2.44 bits per heavy atom. The number of carbonyl (C=O) groups excluding carboxylic acids is 3. The molecule has 2 aromatic rings. The summed E-state index contributed by atoms with van der Waals surface area (Å²) in [4.78, 5) is 40.8. The number of hydrogen-bond acceptors (Lipinski definition) is 6. The van der Waals surface area contributed by atoms with E-state index in [9.17, 15) is 19.5 Å². The highest BCUT2D eigenvalue weighted by Gasteiger charge is 2.31. The lowest BCUT2D eigenvalue weighted by molar-refractivity contribution is -0.131. The van der Waals surface area contributed by atoms with Crippen molar-refractivity contribution in [1.82, 2.24) is 15.5 Å². The molecule has 2 aromatic carbocycles. The van der Waals surface area contributed by atoms with Crippen LogP contribution in [0.25, 0.3) is 10.8 Å². The molecule has 1 aliphatic rings. The van der Waals surface area contributed by atoms with Crippen LogP contribution in [0, 0.1) is 5.92 Å². The molecule has 2 unspecified atom stereocenters. The fraction of sp³-hybridized carbons (Fsp3) is 0.552. The topological polar surface area (TPSA) is 134 Å². The molecule has 216 valence electrons. The van der Waals surface area contributed by atoms with Crippen molar-refractivity contribution in [1.29, 1.82) is 0 Å². The maximum atomic E-state index is 13.3. The van der Waals surface area contributed by atoms with Gasteiger partial charge in [-0.25, -0.2) is 4.79 Å². The largest absolute Gasteiger partial charge is 0.450 e. The second-order valence-corrected chi connectivity index (χ2v) is 10.1. The number of rotatable bonds is 12. The number of carbonyl (C=O) groups is 3. The van der Waals surface area contributed by atoms with E-state index in [1.807, 2.05) is 42.5 Å². The molecule has 0 saturated heterocycles. The first-order valence-electron chi connectivity index (χ1n) is 13.7. The first-order valence-corrected chi connectivity index (χ1v) is 13.7. The fourth-order valence-corrected chi connectivity index (χ4v) is 4.90. The number of amides is 3. The Hall–Kier alpha value is -2.88. The van der Waals surface area contributed by atoms with Gasteiger partial charge in [0, 0.05) is 32.1 Å². The van der Waals surface area contributed by atoms with E-state index < -0.39 is 30.1 Å². The third-order valence-electron chi connectivity index (χ3n) is 7.11. The minimum absolute atomic E-state index is 0. The third kappa shape index (κ3) is 9.67. The highest BCUT2D eigenvalue weighted by atomic mass is 35.5. The summed E-state index contributed by atoms with van der Waals surface area (Å²) in [7, 11) is 0. The Labute approximate surface area is 237 Å². The number of aliphatic hydroxyl groups is 1. The van der Waals surface area contributed by atoms with E-state index in [2.05, 4.69) is 10.6 Å². The Morgan fingerprint density at radius 2 is 1.77 bits per heavy atom. The van der Waals surface area contributed by atoms with Gasteiger partial charge < -0.3 is 31.1 Å². The third-order valence-corrected chi connectivity index (χ3v) is 7.11. The number of aliphatic hydroxyl groups excluding tert-OH is 1. The predicted molar refractivity (Wildman–Crippen MR) is 155 cm³/mol. The molecular formula is C29H43ClN4O5. The molecule has 1 aliphatic carbocycles. The van der Waals surface area contributed by atoms with Gasteiger partial charge in [-0.1, -0.05) is 68.7 Å². The summed E-state index contributed by atoms with van der Waals surface area (Å²) in [6, 6.07) is 13.1. The fourth-order valence-electron chi connectivity index (χ4n) is 4.90. The second kappa shape index (κ2) is 16.3. The van der Waals surface area contributed by atoms with Gasteiger partial charge in [0.2, 0.25) is 11.8 Å².